The van der Waals surface area contributed by atoms with Crippen LogP contribution in [0.3, 0.4) is 0 Å². The van der Waals surface area contributed by atoms with Crippen LogP contribution in [0.15, 0.2) is 69.6 Å². The third kappa shape index (κ3) is 3.20. The highest BCUT2D eigenvalue weighted by atomic mass is 79.9. The van der Waals surface area contributed by atoms with Gasteiger partial charge in [-0.2, -0.15) is 0 Å². The van der Waals surface area contributed by atoms with Gasteiger partial charge < -0.3 is 15.5 Å². The molecule has 2 aromatic carbocycles. The Hall–Kier alpha value is -2.53. The van der Waals surface area contributed by atoms with Gasteiger partial charge in [-0.15, -0.1) is 0 Å². The number of nitrogens with two attached hydrogens (primary N) is 1. The molecule has 3 rings (SSSR count). The minimum Gasteiger partial charge on any atom is -0.451 e. The van der Waals surface area contributed by atoms with Gasteiger partial charge in [0.2, 0.25) is 0 Å². The van der Waals surface area contributed by atoms with Crippen molar-refractivity contribution in [1.29, 1.82) is 0 Å². The zero-order chi connectivity index (χ0) is 15.5. The second kappa shape index (κ2) is 6.07. The van der Waals surface area contributed by atoms with Crippen LogP contribution in [0.1, 0.15) is 10.6 Å². The first-order valence-corrected chi connectivity index (χ1v) is 7.44. The second-order valence-electron chi connectivity index (χ2n) is 4.75. The van der Waals surface area contributed by atoms with Crippen molar-refractivity contribution in [3.63, 3.8) is 0 Å². The SMILES string of the molecule is Nc1ccc(NC(=O)c2ccc(-c3ccc(Br)cc3)o2)cc1. The maximum Gasteiger partial charge on any atom is 0.291 e. The van der Waals surface area contributed by atoms with Crippen LogP contribution in [0.4, 0.5) is 11.4 Å². The molecule has 0 aliphatic heterocycles. The lowest BCUT2D eigenvalue weighted by Crippen LogP contribution is -2.10. The maximum atomic E-state index is 12.2. The van der Waals surface area contributed by atoms with Crippen molar-refractivity contribution in [3.05, 3.63) is 70.9 Å². The fourth-order valence-corrected chi connectivity index (χ4v) is 2.25. The summed E-state index contributed by atoms with van der Waals surface area (Å²) < 4.78 is 6.61. The molecule has 0 unspecified atom stereocenters. The summed E-state index contributed by atoms with van der Waals surface area (Å²) >= 11 is 3.38. The van der Waals surface area contributed by atoms with Crippen molar-refractivity contribution in [3.8, 4) is 11.3 Å². The van der Waals surface area contributed by atoms with Gasteiger partial charge in [0.15, 0.2) is 5.76 Å². The van der Waals surface area contributed by atoms with Crippen LogP contribution >= 0.6 is 15.9 Å². The Morgan fingerprint density at radius 2 is 1.64 bits per heavy atom. The molecule has 3 aromatic rings. The molecule has 0 aliphatic rings. The minimum absolute atomic E-state index is 0.259. The molecule has 0 saturated heterocycles. The summed E-state index contributed by atoms with van der Waals surface area (Å²) in [6, 6.07) is 18.1. The molecular weight excluding hydrogens is 344 g/mol. The molecule has 4 nitrogen and oxygen atoms in total. The molecule has 3 N–H and O–H groups in total. The summed E-state index contributed by atoms with van der Waals surface area (Å²) in [5.74, 6) is 0.609. The lowest BCUT2D eigenvalue weighted by atomic mass is 10.2. The fourth-order valence-electron chi connectivity index (χ4n) is 1.99. The molecule has 0 atom stereocenters. The summed E-state index contributed by atoms with van der Waals surface area (Å²) in [5.41, 5.74) is 7.84. The number of carbonyl (C=O) groups is 1. The lowest BCUT2D eigenvalue weighted by molar-refractivity contribution is 0.0997. The third-order valence-corrected chi connectivity index (χ3v) is 3.66. The standard InChI is InChI=1S/C17H13BrN2O2/c18-12-3-1-11(2-4-12)15-9-10-16(22-15)17(21)20-14-7-5-13(19)6-8-14/h1-10H,19H2,(H,20,21). The maximum absolute atomic E-state index is 12.2. The van der Waals surface area contributed by atoms with Gasteiger partial charge >= 0.3 is 0 Å². The normalized spacial score (nSPS) is 10.4. The first-order valence-electron chi connectivity index (χ1n) is 6.64. The average Bonchev–Trinajstić information content (AvgIpc) is 3.00. The van der Waals surface area contributed by atoms with Gasteiger partial charge in [0.1, 0.15) is 5.76 Å². The molecule has 1 aromatic heterocycles. The van der Waals surface area contributed by atoms with E-state index in [2.05, 4.69) is 21.2 Å². The van der Waals surface area contributed by atoms with Gasteiger partial charge in [0.25, 0.3) is 5.91 Å². The molecule has 1 amide bonds. The first kappa shape index (κ1) is 14.4. The van der Waals surface area contributed by atoms with E-state index in [1.54, 1.807) is 36.4 Å². The number of amides is 1. The van der Waals surface area contributed by atoms with E-state index in [-0.39, 0.29) is 11.7 Å². The molecule has 0 bridgehead atoms. The molecule has 0 radical (unpaired) electrons. The van der Waals surface area contributed by atoms with E-state index in [0.717, 1.165) is 10.0 Å². The average molecular weight is 357 g/mol. The largest absolute Gasteiger partial charge is 0.451 e. The first-order chi connectivity index (χ1) is 10.6. The van der Waals surface area contributed by atoms with Crippen LogP contribution < -0.4 is 11.1 Å². The summed E-state index contributed by atoms with van der Waals surface area (Å²) in [6.07, 6.45) is 0. The molecular formula is C17H13BrN2O2. The van der Waals surface area contributed by atoms with Crippen LogP contribution in [0.25, 0.3) is 11.3 Å². The number of hydrogen-bond acceptors (Lipinski definition) is 3. The zero-order valence-corrected chi connectivity index (χ0v) is 13.1. The van der Waals surface area contributed by atoms with E-state index in [1.807, 2.05) is 24.3 Å². The predicted octanol–water partition coefficient (Wildman–Crippen LogP) is 4.54. The summed E-state index contributed by atoms with van der Waals surface area (Å²) in [4.78, 5) is 12.2. The molecule has 1 heterocycles. The highest BCUT2D eigenvalue weighted by Crippen LogP contribution is 2.24. The molecule has 0 spiro atoms. The topological polar surface area (TPSA) is 68.3 Å². The molecule has 110 valence electrons. The zero-order valence-electron chi connectivity index (χ0n) is 11.5. The van der Waals surface area contributed by atoms with Crippen molar-refractivity contribution < 1.29 is 9.21 Å². The van der Waals surface area contributed by atoms with Gasteiger partial charge in [0.05, 0.1) is 0 Å². The van der Waals surface area contributed by atoms with E-state index in [1.165, 1.54) is 0 Å². The number of nitrogens with one attached hydrogen (secondary N) is 1. The summed E-state index contributed by atoms with van der Waals surface area (Å²) in [6.45, 7) is 0. The van der Waals surface area contributed by atoms with E-state index in [4.69, 9.17) is 10.2 Å². The van der Waals surface area contributed by atoms with Gasteiger partial charge in [-0.3, -0.25) is 4.79 Å². The Morgan fingerprint density at radius 3 is 2.32 bits per heavy atom. The molecule has 0 fully saturated rings. The second-order valence-corrected chi connectivity index (χ2v) is 5.66. The number of halogens is 1. The summed E-state index contributed by atoms with van der Waals surface area (Å²) in [7, 11) is 0. The van der Waals surface area contributed by atoms with Gasteiger partial charge in [0, 0.05) is 21.4 Å². The van der Waals surface area contributed by atoms with Crippen LogP contribution in [0, 0.1) is 0 Å². The Labute approximate surface area is 136 Å². The number of furan rings is 1. The highest BCUT2D eigenvalue weighted by molar-refractivity contribution is 9.10. The van der Waals surface area contributed by atoms with Crippen LogP contribution in [-0.4, -0.2) is 5.91 Å². The Balaban J connectivity index is 1.76. The Kier molecular flexibility index (Phi) is 3.98. The van der Waals surface area contributed by atoms with Crippen molar-refractivity contribution in [2.45, 2.75) is 0 Å². The van der Waals surface area contributed by atoms with Crippen LogP contribution in [0.5, 0.6) is 0 Å². The number of rotatable bonds is 3. The van der Waals surface area contributed by atoms with Crippen LogP contribution in [-0.2, 0) is 0 Å². The van der Waals surface area contributed by atoms with Crippen LogP contribution in [0.2, 0.25) is 0 Å². The fraction of sp³-hybridized carbons (Fsp3) is 0. The predicted molar refractivity (Wildman–Crippen MR) is 90.7 cm³/mol. The number of hydrogen-bond donors (Lipinski definition) is 2. The highest BCUT2D eigenvalue weighted by Gasteiger charge is 2.12. The van der Waals surface area contributed by atoms with E-state index >= 15 is 0 Å². The third-order valence-electron chi connectivity index (χ3n) is 3.13. The van der Waals surface area contributed by atoms with Gasteiger partial charge in [-0.1, -0.05) is 28.1 Å². The number of anilines is 2. The number of nitrogen functional groups attached to an aromatic ring is 1. The molecule has 22 heavy (non-hydrogen) atoms. The smallest absolute Gasteiger partial charge is 0.291 e. The quantitative estimate of drug-likeness (QED) is 0.676. The Morgan fingerprint density at radius 1 is 0.955 bits per heavy atom. The van der Waals surface area contributed by atoms with Crippen molar-refractivity contribution in [1.82, 2.24) is 0 Å². The minimum atomic E-state index is -0.298. The van der Waals surface area contributed by atoms with Gasteiger partial charge in [-0.05, 0) is 48.5 Å². The molecule has 5 heteroatoms. The lowest BCUT2D eigenvalue weighted by Gasteiger charge is -2.03. The van der Waals surface area contributed by atoms with Gasteiger partial charge in [-0.25, -0.2) is 0 Å². The van der Waals surface area contributed by atoms with E-state index < -0.39 is 0 Å². The molecule has 0 saturated carbocycles. The number of carbonyl (C=O) groups excluding carboxylic acids is 1. The van der Waals surface area contributed by atoms with Crippen molar-refractivity contribution >= 4 is 33.2 Å². The van der Waals surface area contributed by atoms with Crippen molar-refractivity contribution in [2.75, 3.05) is 11.1 Å². The number of benzene rings is 2. The summed E-state index contributed by atoms with van der Waals surface area (Å²) in [5, 5.41) is 2.76. The molecule has 0 aliphatic carbocycles. The Bertz CT molecular complexity index is 792. The van der Waals surface area contributed by atoms with E-state index in [9.17, 15) is 4.79 Å². The van der Waals surface area contributed by atoms with E-state index in [0.29, 0.717) is 17.1 Å². The van der Waals surface area contributed by atoms with Crippen molar-refractivity contribution in [2.24, 2.45) is 0 Å². The monoisotopic (exact) mass is 356 g/mol.